The lowest BCUT2D eigenvalue weighted by Crippen LogP contribution is -2.23. The van der Waals surface area contributed by atoms with Crippen LogP contribution >= 0.6 is 23.2 Å². The second kappa shape index (κ2) is 6.12. The minimum Gasteiger partial charge on any atom is -0.467 e. The molecule has 2 aromatic rings. The molecular formula is C13H14Cl2N2O. The maximum atomic E-state index is 6.00. The predicted octanol–water partition coefficient (Wildman–Crippen LogP) is 4.09. The van der Waals surface area contributed by atoms with Gasteiger partial charge in [0.15, 0.2) is 0 Å². The van der Waals surface area contributed by atoms with Gasteiger partial charge in [0.05, 0.1) is 29.4 Å². The first kappa shape index (κ1) is 13.2. The number of alkyl halides is 1. The van der Waals surface area contributed by atoms with E-state index in [9.17, 15) is 0 Å². The quantitative estimate of drug-likeness (QED) is 0.775. The van der Waals surface area contributed by atoms with Crippen molar-refractivity contribution in [1.29, 1.82) is 0 Å². The van der Waals surface area contributed by atoms with Crippen LogP contribution in [0.15, 0.2) is 34.9 Å². The van der Waals surface area contributed by atoms with Gasteiger partial charge < -0.3 is 9.32 Å². The molecule has 0 fully saturated rings. The van der Waals surface area contributed by atoms with Crippen molar-refractivity contribution < 1.29 is 4.42 Å². The number of aromatic nitrogens is 1. The number of rotatable bonds is 5. The van der Waals surface area contributed by atoms with Crippen LogP contribution in [0.5, 0.6) is 0 Å². The number of halogens is 2. The highest BCUT2D eigenvalue weighted by atomic mass is 35.5. The first-order valence-electron chi connectivity index (χ1n) is 5.73. The third-order valence-electron chi connectivity index (χ3n) is 2.66. The Hall–Kier alpha value is -1.19. The Morgan fingerprint density at radius 3 is 2.78 bits per heavy atom. The summed E-state index contributed by atoms with van der Waals surface area (Å²) in [5.74, 6) is 2.07. The summed E-state index contributed by atoms with van der Waals surface area (Å²) >= 11 is 11.8. The van der Waals surface area contributed by atoms with E-state index < -0.39 is 0 Å². The Labute approximate surface area is 116 Å². The van der Waals surface area contributed by atoms with E-state index in [1.54, 1.807) is 6.26 Å². The van der Waals surface area contributed by atoms with E-state index in [-0.39, 0.29) is 0 Å². The van der Waals surface area contributed by atoms with E-state index in [0.29, 0.717) is 23.1 Å². The molecule has 0 unspecified atom stereocenters. The summed E-state index contributed by atoms with van der Waals surface area (Å²) in [5, 5.41) is 0.600. The van der Waals surface area contributed by atoms with Crippen molar-refractivity contribution in [2.24, 2.45) is 0 Å². The fourth-order valence-corrected chi connectivity index (χ4v) is 2.13. The molecule has 0 spiro atoms. The third kappa shape index (κ3) is 2.98. The molecule has 2 heterocycles. The minimum atomic E-state index is 0.310. The van der Waals surface area contributed by atoms with Gasteiger partial charge in [-0.15, -0.1) is 11.6 Å². The van der Waals surface area contributed by atoms with Crippen molar-refractivity contribution in [2.75, 3.05) is 11.4 Å². The van der Waals surface area contributed by atoms with Crippen LogP contribution in [0.1, 0.15) is 18.4 Å². The first-order chi connectivity index (χ1) is 8.74. The smallest absolute Gasteiger partial charge is 0.129 e. The molecule has 0 aliphatic heterocycles. The van der Waals surface area contributed by atoms with Gasteiger partial charge in [-0.2, -0.15) is 0 Å². The highest BCUT2D eigenvalue weighted by molar-refractivity contribution is 6.32. The Balaban J connectivity index is 2.21. The molecule has 0 aliphatic carbocycles. The summed E-state index contributed by atoms with van der Waals surface area (Å²) < 4.78 is 5.35. The molecule has 2 aromatic heterocycles. The lowest BCUT2D eigenvalue weighted by atomic mass is 10.3. The van der Waals surface area contributed by atoms with Crippen LogP contribution in [-0.2, 0) is 12.4 Å². The van der Waals surface area contributed by atoms with Crippen LogP contribution < -0.4 is 4.90 Å². The molecule has 0 saturated carbocycles. The van der Waals surface area contributed by atoms with Crippen molar-refractivity contribution >= 4 is 29.0 Å². The minimum absolute atomic E-state index is 0.310. The molecule has 0 radical (unpaired) electrons. The van der Waals surface area contributed by atoms with Gasteiger partial charge in [-0.3, -0.25) is 0 Å². The molecule has 5 heteroatoms. The monoisotopic (exact) mass is 284 g/mol. The third-order valence-corrected chi connectivity index (χ3v) is 3.26. The van der Waals surface area contributed by atoms with E-state index in [2.05, 4.69) is 16.8 Å². The summed E-state index contributed by atoms with van der Waals surface area (Å²) in [6.45, 7) is 3.58. The van der Waals surface area contributed by atoms with Crippen LogP contribution in [-0.4, -0.2) is 11.5 Å². The Morgan fingerprint density at radius 2 is 2.17 bits per heavy atom. The normalized spacial score (nSPS) is 10.6. The molecule has 0 saturated heterocycles. The van der Waals surface area contributed by atoms with Crippen molar-refractivity contribution in [3.8, 4) is 0 Å². The molecule has 0 amide bonds. The number of nitrogens with zero attached hydrogens (tertiary/aromatic N) is 2. The number of hydrogen-bond acceptors (Lipinski definition) is 3. The second-order valence-corrected chi connectivity index (χ2v) is 4.50. The molecule has 0 atom stereocenters. The average molecular weight is 285 g/mol. The molecule has 0 aliphatic rings. The average Bonchev–Trinajstić information content (AvgIpc) is 2.89. The van der Waals surface area contributed by atoms with E-state index in [4.69, 9.17) is 27.6 Å². The number of hydrogen-bond donors (Lipinski definition) is 0. The summed E-state index contributed by atoms with van der Waals surface area (Å²) in [6, 6.07) is 7.54. The van der Waals surface area contributed by atoms with Gasteiger partial charge in [0, 0.05) is 6.54 Å². The largest absolute Gasteiger partial charge is 0.467 e. The lowest BCUT2D eigenvalue weighted by Gasteiger charge is -2.21. The molecule has 18 heavy (non-hydrogen) atoms. The van der Waals surface area contributed by atoms with Gasteiger partial charge in [0.25, 0.3) is 0 Å². The number of furan rings is 1. The highest BCUT2D eigenvalue weighted by Crippen LogP contribution is 2.22. The predicted molar refractivity (Wildman–Crippen MR) is 74.2 cm³/mol. The van der Waals surface area contributed by atoms with Crippen LogP contribution in [0, 0.1) is 0 Å². The zero-order chi connectivity index (χ0) is 13.0. The lowest BCUT2D eigenvalue weighted by molar-refractivity contribution is 0.503. The van der Waals surface area contributed by atoms with Gasteiger partial charge >= 0.3 is 0 Å². The zero-order valence-corrected chi connectivity index (χ0v) is 11.6. The summed E-state index contributed by atoms with van der Waals surface area (Å²) in [6.07, 6.45) is 1.67. The van der Waals surface area contributed by atoms with Crippen LogP contribution in [0.25, 0.3) is 0 Å². The summed E-state index contributed by atoms with van der Waals surface area (Å²) in [5.41, 5.74) is 0.703. The Morgan fingerprint density at radius 1 is 1.33 bits per heavy atom. The summed E-state index contributed by atoms with van der Waals surface area (Å²) in [7, 11) is 0. The van der Waals surface area contributed by atoms with Crippen molar-refractivity contribution in [2.45, 2.75) is 19.3 Å². The van der Waals surface area contributed by atoms with Gasteiger partial charge in [0.1, 0.15) is 11.6 Å². The molecule has 0 N–H and O–H groups in total. The van der Waals surface area contributed by atoms with Crippen molar-refractivity contribution in [1.82, 2.24) is 4.98 Å². The van der Waals surface area contributed by atoms with Gasteiger partial charge in [0.2, 0.25) is 0 Å². The number of anilines is 1. The second-order valence-electron chi connectivity index (χ2n) is 3.83. The molecule has 96 valence electrons. The van der Waals surface area contributed by atoms with Crippen molar-refractivity contribution in [3.63, 3.8) is 0 Å². The Kier molecular flexibility index (Phi) is 4.50. The van der Waals surface area contributed by atoms with Crippen LogP contribution in [0.4, 0.5) is 5.82 Å². The number of pyridine rings is 1. The molecule has 0 aromatic carbocycles. The van der Waals surface area contributed by atoms with E-state index in [1.165, 1.54) is 0 Å². The summed E-state index contributed by atoms with van der Waals surface area (Å²) in [4.78, 5) is 6.57. The van der Waals surface area contributed by atoms with Gasteiger partial charge in [-0.25, -0.2) is 4.98 Å². The topological polar surface area (TPSA) is 29.3 Å². The van der Waals surface area contributed by atoms with Crippen LogP contribution in [0.3, 0.4) is 0 Å². The Bertz CT molecular complexity index is 500. The van der Waals surface area contributed by atoms with Gasteiger partial charge in [-0.1, -0.05) is 11.6 Å². The molecular weight excluding hydrogens is 271 g/mol. The zero-order valence-electron chi connectivity index (χ0n) is 10.1. The maximum Gasteiger partial charge on any atom is 0.129 e. The SMILES string of the molecule is CCN(Cc1ccco1)c1ccc(Cl)c(CCl)n1. The van der Waals surface area contributed by atoms with E-state index in [1.807, 2.05) is 24.3 Å². The van der Waals surface area contributed by atoms with E-state index in [0.717, 1.165) is 18.1 Å². The fourth-order valence-electron chi connectivity index (χ4n) is 1.69. The molecule has 2 rings (SSSR count). The first-order valence-corrected chi connectivity index (χ1v) is 6.64. The van der Waals surface area contributed by atoms with Crippen molar-refractivity contribution in [3.05, 3.63) is 47.0 Å². The maximum absolute atomic E-state index is 6.00. The van der Waals surface area contributed by atoms with E-state index >= 15 is 0 Å². The highest BCUT2D eigenvalue weighted by Gasteiger charge is 2.10. The molecule has 0 bridgehead atoms. The van der Waals surface area contributed by atoms with Gasteiger partial charge in [-0.05, 0) is 31.2 Å². The molecule has 3 nitrogen and oxygen atoms in total. The van der Waals surface area contributed by atoms with Crippen LogP contribution in [0.2, 0.25) is 5.02 Å². The standard InChI is InChI=1S/C13H14Cl2N2O/c1-2-17(9-10-4-3-7-18-10)13-6-5-11(15)12(8-14)16-13/h3-7H,2,8-9H2,1H3. The fraction of sp³-hybridized carbons (Fsp3) is 0.308.